The Kier molecular flexibility index (Phi) is 8.91. The summed E-state index contributed by atoms with van der Waals surface area (Å²) in [6.07, 6.45) is 6.84. The van der Waals surface area contributed by atoms with Crippen molar-refractivity contribution in [3.63, 3.8) is 0 Å². The van der Waals surface area contributed by atoms with Crippen molar-refractivity contribution < 1.29 is 23.1 Å². The number of nitriles is 1. The number of benzene rings is 1. The van der Waals surface area contributed by atoms with Gasteiger partial charge in [-0.15, -0.1) is 0 Å². The summed E-state index contributed by atoms with van der Waals surface area (Å²) < 4.78 is 32.6. The van der Waals surface area contributed by atoms with Gasteiger partial charge < -0.3 is 15.0 Å². The van der Waals surface area contributed by atoms with Gasteiger partial charge in [0.1, 0.15) is 17.2 Å². The molecule has 0 radical (unpaired) electrons. The number of amides is 2. The quantitative estimate of drug-likeness (QED) is 0.589. The van der Waals surface area contributed by atoms with Crippen molar-refractivity contribution in [3.8, 4) is 6.07 Å². The maximum absolute atomic E-state index is 13.6. The average molecular weight is 503 g/mol. The van der Waals surface area contributed by atoms with Gasteiger partial charge in [0, 0.05) is 51.1 Å². The van der Waals surface area contributed by atoms with Crippen molar-refractivity contribution in [2.45, 2.75) is 63.5 Å². The van der Waals surface area contributed by atoms with Crippen LogP contribution in [0.2, 0.25) is 0 Å². The highest BCUT2D eigenvalue weighted by Gasteiger charge is 2.41. The number of nitrogens with zero attached hydrogens (tertiary/aromatic N) is 3. The van der Waals surface area contributed by atoms with Gasteiger partial charge in [-0.25, -0.2) is 8.78 Å². The SMILES string of the molecule is N#CC1(NC(=O)C(CC(=O)N2CCOCC2)CC2CCCCC2)CCN(Cc2cc(F)cc(F)c2)C1. The van der Waals surface area contributed by atoms with Gasteiger partial charge in [0.15, 0.2) is 0 Å². The summed E-state index contributed by atoms with van der Waals surface area (Å²) in [5.74, 6) is -1.64. The van der Waals surface area contributed by atoms with E-state index in [4.69, 9.17) is 4.74 Å². The maximum Gasteiger partial charge on any atom is 0.224 e. The van der Waals surface area contributed by atoms with Gasteiger partial charge in [-0.05, 0) is 36.5 Å². The molecule has 196 valence electrons. The molecule has 3 fully saturated rings. The first kappa shape index (κ1) is 26.5. The minimum Gasteiger partial charge on any atom is -0.378 e. The topological polar surface area (TPSA) is 85.7 Å². The lowest BCUT2D eigenvalue weighted by molar-refractivity contribution is -0.140. The normalized spacial score (nSPS) is 24.3. The first-order chi connectivity index (χ1) is 17.4. The number of halogens is 2. The molecular formula is C27H36F2N4O3. The second kappa shape index (κ2) is 12.1. The number of hydrogen-bond acceptors (Lipinski definition) is 5. The predicted octanol–water partition coefficient (Wildman–Crippen LogP) is 3.38. The Balaban J connectivity index is 1.41. The molecule has 1 aliphatic carbocycles. The lowest BCUT2D eigenvalue weighted by atomic mass is 9.81. The van der Waals surface area contributed by atoms with E-state index < -0.39 is 23.1 Å². The summed E-state index contributed by atoms with van der Waals surface area (Å²) in [4.78, 5) is 30.2. The number of morpholine rings is 1. The van der Waals surface area contributed by atoms with E-state index in [-0.39, 0.29) is 31.3 Å². The summed E-state index contributed by atoms with van der Waals surface area (Å²) in [6, 6.07) is 5.69. The second-order valence-corrected chi connectivity index (χ2v) is 10.6. The molecule has 0 spiro atoms. The van der Waals surface area contributed by atoms with Crippen molar-refractivity contribution in [1.29, 1.82) is 5.26 Å². The summed E-state index contributed by atoms with van der Waals surface area (Å²) in [5.41, 5.74) is -0.602. The zero-order chi connectivity index (χ0) is 25.5. The fraction of sp³-hybridized carbons (Fsp3) is 0.667. The Morgan fingerprint density at radius 2 is 1.81 bits per heavy atom. The zero-order valence-corrected chi connectivity index (χ0v) is 20.8. The number of likely N-dealkylation sites (tertiary alicyclic amines) is 1. The average Bonchev–Trinajstić information content (AvgIpc) is 3.26. The number of carbonyl (C=O) groups is 2. The zero-order valence-electron chi connectivity index (χ0n) is 20.8. The van der Waals surface area contributed by atoms with Crippen LogP contribution in [0.15, 0.2) is 18.2 Å². The van der Waals surface area contributed by atoms with E-state index in [9.17, 15) is 23.6 Å². The fourth-order valence-corrected chi connectivity index (χ4v) is 5.80. The summed E-state index contributed by atoms with van der Waals surface area (Å²) in [7, 11) is 0. The first-order valence-corrected chi connectivity index (χ1v) is 13.1. The highest BCUT2D eigenvalue weighted by atomic mass is 19.1. The molecule has 2 heterocycles. The molecule has 3 aliphatic rings. The summed E-state index contributed by atoms with van der Waals surface area (Å²) >= 11 is 0. The van der Waals surface area contributed by atoms with Crippen LogP contribution in [0, 0.1) is 34.8 Å². The van der Waals surface area contributed by atoms with Gasteiger partial charge >= 0.3 is 0 Å². The second-order valence-electron chi connectivity index (χ2n) is 10.6. The van der Waals surface area contributed by atoms with E-state index in [1.54, 1.807) is 4.90 Å². The van der Waals surface area contributed by atoms with Gasteiger partial charge in [0.05, 0.1) is 19.3 Å². The maximum atomic E-state index is 13.6. The third kappa shape index (κ3) is 7.01. The molecule has 1 aromatic carbocycles. The Labute approximate surface area is 211 Å². The van der Waals surface area contributed by atoms with E-state index in [1.165, 1.54) is 18.6 Å². The Hall–Kier alpha value is -2.57. The van der Waals surface area contributed by atoms with E-state index >= 15 is 0 Å². The van der Waals surface area contributed by atoms with Gasteiger partial charge in [-0.2, -0.15) is 5.26 Å². The number of nitrogens with one attached hydrogen (secondary N) is 1. The van der Waals surface area contributed by atoms with Gasteiger partial charge in [-0.1, -0.05) is 32.1 Å². The third-order valence-corrected chi connectivity index (χ3v) is 7.75. The fourth-order valence-electron chi connectivity index (χ4n) is 5.80. The van der Waals surface area contributed by atoms with Gasteiger partial charge in [-0.3, -0.25) is 14.5 Å². The number of carbonyl (C=O) groups excluding carboxylic acids is 2. The molecule has 7 nitrogen and oxygen atoms in total. The van der Waals surface area contributed by atoms with E-state index in [2.05, 4.69) is 11.4 Å². The Bertz CT molecular complexity index is 952. The molecule has 0 aromatic heterocycles. The van der Waals surface area contributed by atoms with Crippen molar-refractivity contribution in [1.82, 2.24) is 15.1 Å². The van der Waals surface area contributed by atoms with Crippen LogP contribution >= 0.6 is 0 Å². The number of hydrogen-bond donors (Lipinski definition) is 1. The van der Waals surface area contributed by atoms with Gasteiger partial charge in [0.2, 0.25) is 11.8 Å². The summed E-state index contributed by atoms with van der Waals surface area (Å²) in [5, 5.41) is 13.0. The van der Waals surface area contributed by atoms with Crippen LogP contribution in [0.3, 0.4) is 0 Å². The van der Waals surface area contributed by atoms with Crippen LogP contribution in [0.5, 0.6) is 0 Å². The smallest absolute Gasteiger partial charge is 0.224 e. The lowest BCUT2D eigenvalue weighted by Gasteiger charge is -2.32. The van der Waals surface area contributed by atoms with E-state index in [1.807, 2.05) is 4.90 Å². The Morgan fingerprint density at radius 1 is 1.11 bits per heavy atom. The molecule has 2 amide bonds. The van der Waals surface area contributed by atoms with Crippen molar-refractivity contribution in [2.24, 2.45) is 11.8 Å². The molecule has 2 atom stereocenters. The van der Waals surface area contributed by atoms with Crippen molar-refractivity contribution in [3.05, 3.63) is 35.4 Å². The molecule has 1 aromatic rings. The predicted molar refractivity (Wildman–Crippen MR) is 129 cm³/mol. The number of ether oxygens (including phenoxy) is 1. The first-order valence-electron chi connectivity index (χ1n) is 13.1. The van der Waals surface area contributed by atoms with Crippen LogP contribution in [-0.4, -0.2) is 66.5 Å². The molecule has 2 unspecified atom stereocenters. The molecule has 4 rings (SSSR count). The molecule has 1 saturated carbocycles. The molecule has 9 heteroatoms. The number of rotatable bonds is 8. The van der Waals surface area contributed by atoms with Crippen LogP contribution in [-0.2, 0) is 20.9 Å². The highest BCUT2D eigenvalue weighted by molar-refractivity contribution is 5.86. The lowest BCUT2D eigenvalue weighted by Crippen LogP contribution is -2.52. The molecule has 2 saturated heterocycles. The monoisotopic (exact) mass is 502 g/mol. The highest BCUT2D eigenvalue weighted by Crippen LogP contribution is 2.32. The van der Waals surface area contributed by atoms with Crippen LogP contribution in [0.25, 0.3) is 0 Å². The summed E-state index contributed by atoms with van der Waals surface area (Å²) in [6.45, 7) is 3.16. The largest absolute Gasteiger partial charge is 0.378 e. The van der Waals surface area contributed by atoms with Crippen LogP contribution in [0.4, 0.5) is 8.78 Å². The minimum atomic E-state index is -1.09. The van der Waals surface area contributed by atoms with Crippen LogP contribution in [0.1, 0.15) is 56.9 Å². The van der Waals surface area contributed by atoms with E-state index in [0.29, 0.717) is 57.2 Å². The van der Waals surface area contributed by atoms with Crippen molar-refractivity contribution >= 4 is 11.8 Å². The standard InChI is InChI=1S/C27H36F2N4O3/c28-23-13-21(14-24(29)16-23)17-32-7-6-27(18-30,19-32)31-26(35)22(12-20-4-2-1-3-5-20)15-25(34)33-8-10-36-11-9-33/h13-14,16,20,22H,1-12,15,17,19H2,(H,31,35). The molecule has 0 bridgehead atoms. The van der Waals surface area contributed by atoms with Crippen molar-refractivity contribution in [2.75, 3.05) is 39.4 Å². The third-order valence-electron chi connectivity index (χ3n) is 7.75. The molecule has 1 N–H and O–H groups in total. The van der Waals surface area contributed by atoms with Gasteiger partial charge in [0.25, 0.3) is 0 Å². The van der Waals surface area contributed by atoms with Crippen LogP contribution < -0.4 is 5.32 Å². The minimum absolute atomic E-state index is 0.0403. The van der Waals surface area contributed by atoms with E-state index in [0.717, 1.165) is 31.7 Å². The molecule has 2 aliphatic heterocycles. The molecular weight excluding hydrogens is 466 g/mol. The Morgan fingerprint density at radius 3 is 2.47 bits per heavy atom. The molecule has 36 heavy (non-hydrogen) atoms.